The van der Waals surface area contributed by atoms with Crippen LogP contribution in [0, 0.1) is 5.92 Å². The summed E-state index contributed by atoms with van der Waals surface area (Å²) in [4.78, 5) is 43.9. The minimum absolute atomic E-state index is 0.124. The Morgan fingerprint density at radius 1 is 1.08 bits per heavy atom. The minimum Gasteiger partial charge on any atom is -0.496 e. The van der Waals surface area contributed by atoms with Gasteiger partial charge in [-0.3, -0.25) is 14.2 Å². The molecule has 0 amide bonds. The lowest BCUT2D eigenvalue weighted by atomic mass is 9.95. The van der Waals surface area contributed by atoms with Gasteiger partial charge in [-0.05, 0) is 42.7 Å². The molecule has 3 aromatic rings. The molecule has 1 aromatic heterocycles. The first kappa shape index (κ1) is 27.8. The Labute approximate surface area is 229 Å². The number of esters is 2. The van der Waals surface area contributed by atoms with Gasteiger partial charge in [0.25, 0.3) is 5.56 Å². The number of thiazole rings is 1. The first-order valence-corrected chi connectivity index (χ1v) is 13.1. The average Bonchev–Trinajstić information content (AvgIpc) is 3.20. The Morgan fingerprint density at radius 3 is 2.46 bits per heavy atom. The lowest BCUT2D eigenvalue weighted by Gasteiger charge is -2.25. The number of rotatable bonds is 8. The highest BCUT2D eigenvalue weighted by atomic mass is 32.1. The molecule has 2 aromatic carbocycles. The van der Waals surface area contributed by atoms with Gasteiger partial charge in [-0.15, -0.1) is 0 Å². The third-order valence-electron chi connectivity index (χ3n) is 5.97. The summed E-state index contributed by atoms with van der Waals surface area (Å²) in [5.41, 5.74) is 1.68. The summed E-state index contributed by atoms with van der Waals surface area (Å²) in [6, 6.07) is 11.4. The van der Waals surface area contributed by atoms with Gasteiger partial charge in [-0.1, -0.05) is 49.4 Å². The second-order valence-electron chi connectivity index (χ2n) is 9.32. The molecule has 0 spiro atoms. The van der Waals surface area contributed by atoms with Gasteiger partial charge < -0.3 is 18.9 Å². The van der Waals surface area contributed by atoms with E-state index in [1.807, 2.05) is 38.1 Å². The number of allylic oxidation sites excluding steroid dienone is 1. The zero-order valence-corrected chi connectivity index (χ0v) is 23.5. The van der Waals surface area contributed by atoms with Gasteiger partial charge in [0.15, 0.2) is 16.3 Å². The summed E-state index contributed by atoms with van der Waals surface area (Å²) in [5, 5.41) is 0. The van der Waals surface area contributed by atoms with Crippen molar-refractivity contribution in [1.82, 2.24) is 4.57 Å². The molecule has 9 nitrogen and oxygen atoms in total. The number of methoxy groups -OCH3 is 2. The van der Waals surface area contributed by atoms with E-state index >= 15 is 0 Å². The van der Waals surface area contributed by atoms with Crippen molar-refractivity contribution in [2.45, 2.75) is 33.7 Å². The lowest BCUT2D eigenvalue weighted by Crippen LogP contribution is -2.40. The van der Waals surface area contributed by atoms with Crippen LogP contribution in [0.15, 0.2) is 63.5 Å². The van der Waals surface area contributed by atoms with Gasteiger partial charge >= 0.3 is 11.9 Å². The summed E-state index contributed by atoms with van der Waals surface area (Å²) >= 11 is 1.22. The number of hydrogen-bond acceptors (Lipinski definition) is 9. The van der Waals surface area contributed by atoms with Gasteiger partial charge in [0.1, 0.15) is 5.75 Å². The molecule has 0 saturated carbocycles. The molecule has 1 aliphatic rings. The molecule has 0 fully saturated rings. The van der Waals surface area contributed by atoms with Crippen LogP contribution in [0.2, 0.25) is 0 Å². The summed E-state index contributed by atoms with van der Waals surface area (Å²) < 4.78 is 23.7. The fourth-order valence-corrected chi connectivity index (χ4v) is 5.28. The first-order chi connectivity index (χ1) is 18.6. The molecular weight excluding hydrogens is 520 g/mol. The molecule has 10 heteroatoms. The molecule has 0 radical (unpaired) electrons. The number of benzene rings is 2. The summed E-state index contributed by atoms with van der Waals surface area (Å²) in [6.07, 6.45) is 1.75. The second-order valence-corrected chi connectivity index (χ2v) is 10.3. The molecule has 0 N–H and O–H groups in total. The largest absolute Gasteiger partial charge is 0.496 e. The van der Waals surface area contributed by atoms with Crippen molar-refractivity contribution in [3.05, 3.63) is 84.5 Å². The fourth-order valence-electron chi connectivity index (χ4n) is 4.24. The third-order valence-corrected chi connectivity index (χ3v) is 6.95. The van der Waals surface area contributed by atoms with Crippen molar-refractivity contribution in [3.8, 4) is 17.2 Å². The zero-order chi connectivity index (χ0) is 28.3. The Morgan fingerprint density at radius 2 is 1.79 bits per heavy atom. The van der Waals surface area contributed by atoms with Crippen LogP contribution in [0.3, 0.4) is 0 Å². The van der Waals surface area contributed by atoms with Crippen LogP contribution in [-0.2, 0) is 14.3 Å². The van der Waals surface area contributed by atoms with Crippen LogP contribution in [0.5, 0.6) is 17.2 Å². The van der Waals surface area contributed by atoms with E-state index in [0.717, 1.165) is 5.56 Å². The minimum atomic E-state index is -0.846. The Kier molecular flexibility index (Phi) is 8.35. The van der Waals surface area contributed by atoms with E-state index in [9.17, 15) is 14.4 Å². The highest BCUT2D eigenvalue weighted by molar-refractivity contribution is 7.07. The van der Waals surface area contributed by atoms with E-state index in [-0.39, 0.29) is 35.2 Å². The molecule has 1 unspecified atom stereocenters. The maximum atomic E-state index is 13.9. The van der Waals surface area contributed by atoms with E-state index in [1.165, 1.54) is 29.9 Å². The van der Waals surface area contributed by atoms with Crippen molar-refractivity contribution in [1.29, 1.82) is 0 Å². The number of aromatic nitrogens is 1. The van der Waals surface area contributed by atoms with Crippen LogP contribution in [-0.4, -0.2) is 37.3 Å². The highest BCUT2D eigenvalue weighted by Crippen LogP contribution is 2.36. The van der Waals surface area contributed by atoms with Gasteiger partial charge in [0.05, 0.1) is 42.7 Å². The van der Waals surface area contributed by atoms with Gasteiger partial charge in [0, 0.05) is 12.5 Å². The summed E-state index contributed by atoms with van der Waals surface area (Å²) in [6.45, 7) is 7.12. The molecule has 2 heterocycles. The van der Waals surface area contributed by atoms with Crippen molar-refractivity contribution in [3.63, 3.8) is 0 Å². The van der Waals surface area contributed by atoms with E-state index < -0.39 is 18.0 Å². The van der Waals surface area contributed by atoms with Gasteiger partial charge in [-0.2, -0.15) is 0 Å². The van der Waals surface area contributed by atoms with E-state index in [1.54, 1.807) is 38.3 Å². The zero-order valence-electron chi connectivity index (χ0n) is 22.6. The second kappa shape index (κ2) is 11.7. The molecule has 4 rings (SSSR count). The molecule has 0 bridgehead atoms. The first-order valence-electron chi connectivity index (χ1n) is 12.3. The highest BCUT2D eigenvalue weighted by Gasteiger charge is 2.34. The van der Waals surface area contributed by atoms with Gasteiger partial charge in [-0.25, -0.2) is 9.79 Å². The van der Waals surface area contributed by atoms with Crippen molar-refractivity contribution < 1.29 is 28.5 Å². The van der Waals surface area contributed by atoms with E-state index in [0.29, 0.717) is 26.3 Å². The number of hydrogen-bond donors (Lipinski definition) is 0. The number of carbonyl (C=O) groups excluding carboxylic acids is 2. The summed E-state index contributed by atoms with van der Waals surface area (Å²) in [7, 11) is 3.02. The SMILES string of the molecule is COc1ccccc1C=c1sc2n(c1=O)C(c1ccc(OC(C)=O)c(OC)c1)C(C(=O)OCC(C)C)=C(C)N=2. The molecular formula is C29H30N2O7S. The Balaban J connectivity index is 1.94. The predicted molar refractivity (Wildman–Crippen MR) is 147 cm³/mol. The number of fused-ring (bicyclic) bond motifs is 1. The van der Waals surface area contributed by atoms with Crippen molar-refractivity contribution in [2.24, 2.45) is 10.9 Å². The van der Waals surface area contributed by atoms with Crippen LogP contribution < -0.4 is 29.1 Å². The van der Waals surface area contributed by atoms with E-state index in [4.69, 9.17) is 18.9 Å². The standard InChI is InChI=1S/C29H30N2O7S/c1-16(2)15-37-28(34)25-17(3)30-29-31(26(25)20-11-12-22(38-18(4)32)23(13-20)36-6)27(33)24(39-29)14-19-9-7-8-10-21(19)35-5/h7-14,16,26H,15H2,1-6H3. The lowest BCUT2D eigenvalue weighted by molar-refractivity contribution is -0.140. The molecule has 1 aliphatic heterocycles. The van der Waals surface area contributed by atoms with Crippen LogP contribution in [0.1, 0.15) is 44.9 Å². The van der Waals surface area contributed by atoms with Crippen molar-refractivity contribution in [2.75, 3.05) is 20.8 Å². The number of nitrogens with zero attached hydrogens (tertiary/aromatic N) is 2. The fraction of sp³-hybridized carbons (Fsp3) is 0.310. The van der Waals surface area contributed by atoms with Crippen molar-refractivity contribution >= 4 is 29.4 Å². The molecule has 204 valence electrons. The quantitative estimate of drug-likeness (QED) is 0.313. The number of ether oxygens (including phenoxy) is 4. The average molecular weight is 551 g/mol. The third kappa shape index (κ3) is 5.80. The maximum Gasteiger partial charge on any atom is 0.338 e. The topological polar surface area (TPSA) is 105 Å². The molecule has 0 aliphatic carbocycles. The molecule has 0 saturated heterocycles. The molecule has 39 heavy (non-hydrogen) atoms. The predicted octanol–water partition coefficient (Wildman–Crippen LogP) is 3.38. The van der Waals surface area contributed by atoms with Crippen LogP contribution >= 0.6 is 11.3 Å². The smallest absolute Gasteiger partial charge is 0.338 e. The van der Waals surface area contributed by atoms with Gasteiger partial charge in [0.2, 0.25) is 0 Å². The normalized spacial score (nSPS) is 15.1. The maximum absolute atomic E-state index is 13.9. The monoisotopic (exact) mass is 550 g/mol. The number of para-hydroxylation sites is 1. The van der Waals surface area contributed by atoms with Crippen LogP contribution in [0.25, 0.3) is 6.08 Å². The number of carbonyl (C=O) groups is 2. The Bertz CT molecular complexity index is 1630. The summed E-state index contributed by atoms with van der Waals surface area (Å²) in [5.74, 6) is 0.194. The van der Waals surface area contributed by atoms with Crippen LogP contribution in [0.4, 0.5) is 0 Å². The Hall–Kier alpha value is -4.18. The molecule has 1 atom stereocenters. The van der Waals surface area contributed by atoms with E-state index in [2.05, 4.69) is 4.99 Å².